The second kappa shape index (κ2) is 6.95. The molecule has 1 aliphatic heterocycles. The number of hydrogen-bond acceptors (Lipinski definition) is 3. The maximum Gasteiger partial charge on any atom is 0.344 e. The lowest BCUT2D eigenvalue weighted by Crippen LogP contribution is -2.30. The first-order valence-electron chi connectivity index (χ1n) is 7.50. The molecule has 23 heavy (non-hydrogen) atoms. The summed E-state index contributed by atoms with van der Waals surface area (Å²) in [6, 6.07) is 7.66. The quantitative estimate of drug-likeness (QED) is 0.898. The summed E-state index contributed by atoms with van der Waals surface area (Å²) in [5.41, 5.74) is 2.31. The fourth-order valence-electron chi connectivity index (χ4n) is 2.19. The molecule has 1 amide bonds. The number of carbonyl (C=O) groups excluding carboxylic acids is 1. The first-order valence-corrected chi connectivity index (χ1v) is 8.90. The fraction of sp³-hybridized carbons (Fsp3) is 0.375. The van der Waals surface area contributed by atoms with Crippen LogP contribution in [-0.2, 0) is 21.4 Å². The Morgan fingerprint density at radius 2 is 1.91 bits per heavy atom. The zero-order valence-corrected chi connectivity index (χ0v) is 14.4. The van der Waals surface area contributed by atoms with Crippen LogP contribution in [-0.4, -0.2) is 31.4 Å². The number of benzene rings is 1. The molecule has 1 N–H and O–H groups in total. The molecule has 0 spiro atoms. The lowest BCUT2D eigenvalue weighted by molar-refractivity contribution is -0.112. The minimum atomic E-state index is -3.70. The molecule has 0 bridgehead atoms. The Bertz CT molecular complexity index is 749. The van der Waals surface area contributed by atoms with Crippen molar-refractivity contribution in [3.63, 3.8) is 0 Å². The summed E-state index contributed by atoms with van der Waals surface area (Å²) in [4.78, 5) is 12.3. The predicted molar refractivity (Wildman–Crippen MR) is 91.6 cm³/mol. The Hall–Kier alpha value is -2.15. The van der Waals surface area contributed by atoms with Crippen molar-refractivity contribution >= 4 is 27.5 Å². The van der Waals surface area contributed by atoms with Gasteiger partial charge in [0.05, 0.1) is 11.3 Å². The highest BCUT2D eigenvalue weighted by molar-refractivity contribution is 7.88. The Morgan fingerprint density at radius 3 is 2.52 bits per heavy atom. The third-order valence-corrected chi connectivity index (χ3v) is 4.93. The van der Waals surface area contributed by atoms with E-state index in [4.69, 9.17) is 0 Å². The summed E-state index contributed by atoms with van der Waals surface area (Å²) in [7, 11) is -2.35. The molecule has 7 heteroatoms. The van der Waals surface area contributed by atoms with Crippen molar-refractivity contribution in [3.05, 3.63) is 41.6 Å². The van der Waals surface area contributed by atoms with Crippen molar-refractivity contribution in [2.45, 2.75) is 33.1 Å². The number of amides is 1. The highest BCUT2D eigenvalue weighted by Crippen LogP contribution is 2.17. The normalized spacial score (nSPS) is 16.6. The Balaban J connectivity index is 2.09. The summed E-state index contributed by atoms with van der Waals surface area (Å²) >= 11 is 0. The zero-order valence-electron chi connectivity index (χ0n) is 13.5. The SMILES string of the molecule is CCCCc1ccc(NC(=O)C2=CN(C)S(=O)(=O)N=C2C)cc1. The average molecular weight is 335 g/mol. The molecule has 124 valence electrons. The van der Waals surface area contributed by atoms with Crippen molar-refractivity contribution in [1.29, 1.82) is 0 Å². The third kappa shape index (κ3) is 4.19. The summed E-state index contributed by atoms with van der Waals surface area (Å²) < 4.78 is 27.7. The van der Waals surface area contributed by atoms with Crippen LogP contribution >= 0.6 is 0 Å². The van der Waals surface area contributed by atoms with E-state index < -0.39 is 10.2 Å². The zero-order chi connectivity index (χ0) is 17.0. The molecule has 6 nitrogen and oxygen atoms in total. The molecular weight excluding hydrogens is 314 g/mol. The molecule has 2 rings (SSSR count). The van der Waals surface area contributed by atoms with Crippen LogP contribution in [0.3, 0.4) is 0 Å². The van der Waals surface area contributed by atoms with Gasteiger partial charge in [-0.15, -0.1) is 4.40 Å². The second-order valence-corrected chi connectivity index (χ2v) is 7.12. The number of hydrogen-bond donors (Lipinski definition) is 1. The number of anilines is 1. The maximum atomic E-state index is 12.3. The van der Waals surface area contributed by atoms with Gasteiger partial charge in [0.1, 0.15) is 0 Å². The van der Waals surface area contributed by atoms with Crippen LogP contribution < -0.4 is 5.32 Å². The molecular formula is C16H21N3O3S. The summed E-state index contributed by atoms with van der Waals surface area (Å²) in [5.74, 6) is -0.380. The van der Waals surface area contributed by atoms with Crippen molar-refractivity contribution in [1.82, 2.24) is 4.31 Å². The number of nitrogens with one attached hydrogen (secondary N) is 1. The van der Waals surface area contributed by atoms with Gasteiger partial charge < -0.3 is 5.32 Å². The number of nitrogens with zero attached hydrogens (tertiary/aromatic N) is 2. The number of carbonyl (C=O) groups is 1. The number of unbranched alkanes of at least 4 members (excludes halogenated alkanes) is 1. The van der Waals surface area contributed by atoms with Gasteiger partial charge in [-0.3, -0.25) is 9.10 Å². The lowest BCUT2D eigenvalue weighted by atomic mass is 10.1. The average Bonchev–Trinajstić information content (AvgIpc) is 2.49. The molecule has 0 fully saturated rings. The minimum Gasteiger partial charge on any atom is -0.322 e. The monoisotopic (exact) mass is 335 g/mol. The third-order valence-electron chi connectivity index (χ3n) is 3.59. The van der Waals surface area contributed by atoms with E-state index in [9.17, 15) is 13.2 Å². The Labute approximate surface area is 137 Å². The molecule has 0 aromatic heterocycles. The number of aryl methyl sites for hydroxylation is 1. The highest BCUT2D eigenvalue weighted by atomic mass is 32.2. The van der Waals surface area contributed by atoms with Crippen LogP contribution in [0.15, 0.2) is 40.4 Å². The van der Waals surface area contributed by atoms with Crippen LogP contribution in [0, 0.1) is 0 Å². The van der Waals surface area contributed by atoms with Crippen LogP contribution in [0.1, 0.15) is 32.3 Å². The molecule has 1 heterocycles. The molecule has 1 aliphatic rings. The van der Waals surface area contributed by atoms with E-state index in [0.717, 1.165) is 23.6 Å². The van der Waals surface area contributed by atoms with E-state index in [0.29, 0.717) is 5.69 Å². The summed E-state index contributed by atoms with van der Waals surface area (Å²) in [6.07, 6.45) is 4.57. The predicted octanol–water partition coefficient (Wildman–Crippen LogP) is 2.50. The van der Waals surface area contributed by atoms with Crippen molar-refractivity contribution < 1.29 is 13.2 Å². The Kier molecular flexibility index (Phi) is 5.20. The molecule has 1 aromatic carbocycles. The van der Waals surface area contributed by atoms with Gasteiger partial charge in [-0.1, -0.05) is 25.5 Å². The smallest absolute Gasteiger partial charge is 0.322 e. The lowest BCUT2D eigenvalue weighted by Gasteiger charge is -2.19. The molecule has 0 saturated carbocycles. The van der Waals surface area contributed by atoms with Gasteiger partial charge in [0.2, 0.25) is 0 Å². The number of rotatable bonds is 5. The van der Waals surface area contributed by atoms with Crippen molar-refractivity contribution in [3.8, 4) is 0 Å². The van der Waals surface area contributed by atoms with E-state index in [1.54, 1.807) is 0 Å². The standard InChI is InChI=1S/C16H21N3O3S/c1-4-5-6-13-7-9-14(10-8-13)17-16(20)15-11-19(3)23(21,22)18-12(15)2/h7-11H,4-6H2,1-3H3,(H,17,20). The van der Waals surface area contributed by atoms with Gasteiger partial charge in [-0.25, -0.2) is 0 Å². The summed E-state index contributed by atoms with van der Waals surface area (Å²) in [5, 5.41) is 2.76. The topological polar surface area (TPSA) is 78.8 Å². The largest absolute Gasteiger partial charge is 0.344 e. The van der Waals surface area contributed by atoms with Crippen LogP contribution in [0.4, 0.5) is 5.69 Å². The molecule has 0 radical (unpaired) electrons. The van der Waals surface area contributed by atoms with Crippen LogP contribution in [0.2, 0.25) is 0 Å². The van der Waals surface area contributed by atoms with Gasteiger partial charge >= 0.3 is 10.2 Å². The maximum absolute atomic E-state index is 12.3. The highest BCUT2D eigenvalue weighted by Gasteiger charge is 2.25. The van der Waals surface area contributed by atoms with Gasteiger partial charge in [0, 0.05) is 18.9 Å². The van der Waals surface area contributed by atoms with Crippen LogP contribution in [0.25, 0.3) is 0 Å². The van der Waals surface area contributed by atoms with Gasteiger partial charge in [0.25, 0.3) is 5.91 Å². The van der Waals surface area contributed by atoms with E-state index in [-0.39, 0.29) is 17.2 Å². The fourth-order valence-corrected chi connectivity index (χ4v) is 3.00. The first-order chi connectivity index (χ1) is 10.8. The molecule has 0 saturated heterocycles. The van der Waals surface area contributed by atoms with Crippen molar-refractivity contribution in [2.75, 3.05) is 12.4 Å². The minimum absolute atomic E-state index is 0.181. The first kappa shape index (κ1) is 17.2. The molecule has 0 aliphatic carbocycles. The van der Waals surface area contributed by atoms with Gasteiger partial charge in [-0.2, -0.15) is 8.42 Å². The van der Waals surface area contributed by atoms with Crippen molar-refractivity contribution in [2.24, 2.45) is 4.40 Å². The van der Waals surface area contributed by atoms with Gasteiger partial charge in [-0.05, 0) is 37.5 Å². The van der Waals surface area contributed by atoms with Gasteiger partial charge in [0.15, 0.2) is 0 Å². The van der Waals surface area contributed by atoms with E-state index in [1.807, 2.05) is 24.3 Å². The molecule has 0 unspecified atom stereocenters. The summed E-state index contributed by atoms with van der Waals surface area (Å²) in [6.45, 7) is 3.65. The second-order valence-electron chi connectivity index (χ2n) is 5.47. The van der Waals surface area contributed by atoms with E-state index >= 15 is 0 Å². The molecule has 1 aromatic rings. The molecule has 0 atom stereocenters. The van der Waals surface area contributed by atoms with Crippen LogP contribution in [0.5, 0.6) is 0 Å². The van der Waals surface area contributed by atoms with E-state index in [2.05, 4.69) is 16.6 Å². The van der Waals surface area contributed by atoms with E-state index in [1.165, 1.54) is 25.7 Å². The Morgan fingerprint density at radius 1 is 1.26 bits per heavy atom.